The lowest BCUT2D eigenvalue weighted by Gasteiger charge is -2.22. The molecule has 0 bridgehead atoms. The zero-order valence-electron chi connectivity index (χ0n) is 37.6. The first-order chi connectivity index (χ1) is 29.4. The number of hydrogen-bond acceptors (Lipinski definition) is 1. The second kappa shape index (κ2) is 16.8. The number of aromatic nitrogens is 2. The third-order valence-electron chi connectivity index (χ3n) is 13.6. The quantitative estimate of drug-likeness (QED) is 0.0711. The maximum absolute atomic E-state index is 7.18. The third kappa shape index (κ3) is 7.02. The Labute approximate surface area is 368 Å². The van der Waals surface area contributed by atoms with E-state index in [1.807, 2.05) is 19.1 Å². The van der Waals surface area contributed by atoms with Gasteiger partial charge in [-0.05, 0) is 30.7 Å². The highest BCUT2D eigenvalue weighted by Gasteiger charge is 2.23. The van der Waals surface area contributed by atoms with Crippen LogP contribution in [0.5, 0.6) is 0 Å². The molecule has 15 heteroatoms. The van der Waals surface area contributed by atoms with Crippen molar-refractivity contribution in [1.29, 1.82) is 0 Å². The van der Waals surface area contributed by atoms with Gasteiger partial charge in [-0.2, -0.15) is 0 Å². The zero-order valence-corrected chi connectivity index (χ0v) is 37.6. The van der Waals surface area contributed by atoms with Crippen LogP contribution in [-0.2, 0) is 6.67 Å². The van der Waals surface area contributed by atoms with Crippen molar-refractivity contribution in [2.45, 2.75) is 13.6 Å². The number of hydrogen-bond donors (Lipinski definition) is 1. The molecule has 8 aromatic rings. The van der Waals surface area contributed by atoms with Gasteiger partial charge in [0, 0.05) is 32.7 Å². The van der Waals surface area contributed by atoms with E-state index < -0.39 is 0 Å². The number of allylic oxidation sites excluding steroid dienone is 5. The lowest BCUT2D eigenvalue weighted by atomic mass is 9.60. The van der Waals surface area contributed by atoms with Crippen LogP contribution < -0.4 is 60.4 Å². The molecule has 0 saturated heterocycles. The van der Waals surface area contributed by atoms with Crippen LogP contribution in [0.3, 0.4) is 0 Å². The van der Waals surface area contributed by atoms with Crippen molar-refractivity contribution in [1.82, 2.24) is 9.13 Å². The second-order valence-corrected chi connectivity index (χ2v) is 16.6. The van der Waals surface area contributed by atoms with Crippen molar-refractivity contribution < 1.29 is 0 Å². The summed E-state index contributed by atoms with van der Waals surface area (Å²) in [5.41, 5.74) is 28.3. The number of amidine groups is 2. The predicted octanol–water partition coefficient (Wildman–Crippen LogP) is -6.57. The summed E-state index contributed by atoms with van der Waals surface area (Å²) in [5, 5.41) is 4.76. The minimum atomic E-state index is 0.336. The van der Waals surface area contributed by atoms with Crippen LogP contribution in [0.1, 0.15) is 23.6 Å². The van der Waals surface area contributed by atoms with E-state index in [9.17, 15) is 0 Å². The van der Waals surface area contributed by atoms with Crippen molar-refractivity contribution in [2.24, 2.45) is 15.7 Å². The maximum atomic E-state index is 7.18. The van der Waals surface area contributed by atoms with Gasteiger partial charge in [0.25, 0.3) is 0 Å². The molecule has 0 aliphatic carbocycles. The number of nitrogens with two attached hydrogens (primary N) is 1. The Morgan fingerprint density at radius 1 is 0.525 bits per heavy atom. The van der Waals surface area contributed by atoms with Crippen LogP contribution in [0.15, 0.2) is 125 Å². The molecule has 0 fully saturated rings. The molecular formula is C46H47B10N5. The van der Waals surface area contributed by atoms with Crippen molar-refractivity contribution in [3.05, 3.63) is 132 Å². The standard InChI is InChI=1S/C46H47B10N5/c1-2-3-4-5-6-13-23-14-7-10-17-28(23)61-30-19-12-9-16-25(30)27-21-20-26-24-15-8-11-18-29(24)60(43(26)44(27)61)22-58-46(32-35(49)39(53)42(56)40(54)36(32)50)59-45(57)31-33(47)37(51)41(55)38(52)34(31)48/h2-21H,22,47-56H2,1H3,(H2,57,58,59)/b3-2-,5-4-,13-6+. The van der Waals surface area contributed by atoms with Gasteiger partial charge >= 0.3 is 0 Å². The van der Waals surface area contributed by atoms with Crippen LogP contribution in [0.2, 0.25) is 0 Å². The number of para-hydroxylation sites is 3. The van der Waals surface area contributed by atoms with Gasteiger partial charge in [-0.25, -0.2) is 9.98 Å². The molecule has 286 valence electrons. The van der Waals surface area contributed by atoms with Gasteiger partial charge < -0.3 is 14.9 Å². The van der Waals surface area contributed by atoms with Crippen LogP contribution in [-0.4, -0.2) is 99.3 Å². The Bertz CT molecular complexity index is 3210. The van der Waals surface area contributed by atoms with Crippen molar-refractivity contribution in [2.75, 3.05) is 0 Å². The summed E-state index contributed by atoms with van der Waals surface area (Å²) in [6.07, 6.45) is 12.5. The number of benzene rings is 6. The largest absolute Gasteiger partial charge is 0.383 e. The minimum Gasteiger partial charge on any atom is -0.383 e. The molecule has 0 amide bonds. The third-order valence-corrected chi connectivity index (χ3v) is 13.6. The monoisotopic (exact) mass is 779 g/mol. The fraction of sp³-hybridized carbons (Fsp3) is 0.0435. The van der Waals surface area contributed by atoms with Crippen molar-refractivity contribution in [3.8, 4) is 5.69 Å². The summed E-state index contributed by atoms with van der Waals surface area (Å²) in [6.45, 7) is 2.37. The highest BCUT2D eigenvalue weighted by molar-refractivity contribution is 6.70. The highest BCUT2D eigenvalue weighted by atomic mass is 15.1. The molecule has 61 heavy (non-hydrogen) atoms. The lowest BCUT2D eigenvalue weighted by Crippen LogP contribution is -2.58. The average Bonchev–Trinajstić information content (AvgIpc) is 3.78. The minimum absolute atomic E-state index is 0.336. The predicted molar refractivity (Wildman–Crippen MR) is 299 cm³/mol. The zero-order chi connectivity index (χ0) is 43.3. The average molecular weight is 778 g/mol. The molecule has 0 radical (unpaired) electrons. The lowest BCUT2D eigenvalue weighted by molar-refractivity contribution is 0.792. The normalized spacial score (nSPS) is 12.8. The van der Waals surface area contributed by atoms with E-state index in [0.29, 0.717) is 18.3 Å². The fourth-order valence-electron chi connectivity index (χ4n) is 9.41. The number of aliphatic imine (C=N–C) groups is 2. The van der Waals surface area contributed by atoms with Gasteiger partial charge in [0.2, 0.25) is 0 Å². The van der Waals surface area contributed by atoms with Gasteiger partial charge in [0.1, 0.15) is 91.0 Å². The summed E-state index contributed by atoms with van der Waals surface area (Å²) in [5.74, 6) is 1.14. The van der Waals surface area contributed by atoms with Gasteiger partial charge in [-0.3, -0.25) is 0 Å². The van der Waals surface area contributed by atoms with Gasteiger partial charge in [0.15, 0.2) is 5.84 Å². The first kappa shape index (κ1) is 41.7. The molecule has 0 saturated carbocycles. The molecule has 2 aromatic heterocycles. The summed E-state index contributed by atoms with van der Waals surface area (Å²) < 4.78 is 4.84. The van der Waals surface area contributed by atoms with E-state index in [0.717, 1.165) is 55.4 Å². The number of fused-ring (bicyclic) bond motifs is 7. The van der Waals surface area contributed by atoms with Crippen molar-refractivity contribution in [3.63, 3.8) is 0 Å². The first-order valence-corrected chi connectivity index (χ1v) is 21.4. The van der Waals surface area contributed by atoms with E-state index in [1.54, 1.807) is 0 Å². The Hall–Kier alpha value is -6.07. The smallest absolute Gasteiger partial charge is 0.157 e. The van der Waals surface area contributed by atoms with Gasteiger partial charge in [0.05, 0.1) is 27.8 Å². The van der Waals surface area contributed by atoms with Crippen LogP contribution in [0.4, 0.5) is 0 Å². The maximum Gasteiger partial charge on any atom is 0.157 e. The van der Waals surface area contributed by atoms with Crippen LogP contribution in [0.25, 0.3) is 55.4 Å². The van der Waals surface area contributed by atoms with Crippen LogP contribution in [0, 0.1) is 0 Å². The molecule has 0 aliphatic rings. The van der Waals surface area contributed by atoms with Crippen molar-refractivity contribution >= 4 is 194 Å². The molecular weight excluding hydrogens is 731 g/mol. The number of nitrogens with zero attached hydrogens (tertiary/aromatic N) is 4. The Morgan fingerprint density at radius 3 is 1.64 bits per heavy atom. The highest BCUT2D eigenvalue weighted by Crippen LogP contribution is 2.41. The molecule has 8 rings (SSSR count). The Kier molecular flexibility index (Phi) is 11.4. The van der Waals surface area contributed by atoms with E-state index in [-0.39, 0.29) is 0 Å². The second-order valence-electron chi connectivity index (χ2n) is 16.6. The summed E-state index contributed by atoms with van der Waals surface area (Å²) >= 11 is 0. The molecule has 2 heterocycles. The van der Waals surface area contributed by atoms with Gasteiger partial charge in [-0.1, -0.05) is 125 Å². The SMILES string of the molecule is Bc1c(B)c(B)c(/C(N)=N/C(=N\Cn2c3ccccc3c3ccc4c5ccccc5n(-c5ccccc5/C=C/C=C\C=C/C)c4c32)c2c(B)c(B)c(B)c(B)c2B)c(B)c1B. The molecule has 0 atom stereocenters. The summed E-state index contributed by atoms with van der Waals surface area (Å²) in [7, 11) is 21.9. The summed E-state index contributed by atoms with van der Waals surface area (Å²) in [4.78, 5) is 11.0. The first-order valence-electron chi connectivity index (χ1n) is 21.4. The topological polar surface area (TPSA) is 60.6 Å². The van der Waals surface area contributed by atoms with E-state index in [2.05, 4.69) is 197 Å². The Balaban J connectivity index is 1.45. The molecule has 0 unspecified atom stereocenters. The van der Waals surface area contributed by atoms with E-state index in [1.165, 1.54) is 65.2 Å². The van der Waals surface area contributed by atoms with Gasteiger partial charge in [-0.15, -0.1) is 32.8 Å². The van der Waals surface area contributed by atoms with E-state index >= 15 is 0 Å². The fourth-order valence-corrected chi connectivity index (χ4v) is 9.41. The summed E-state index contributed by atoms with van der Waals surface area (Å²) in [6, 6.07) is 30.7. The molecule has 0 aliphatic heterocycles. The van der Waals surface area contributed by atoms with E-state index in [4.69, 9.17) is 15.7 Å². The van der Waals surface area contributed by atoms with Crippen LogP contribution >= 0.6 is 0 Å². The molecule has 5 nitrogen and oxygen atoms in total. The molecule has 2 N–H and O–H groups in total. The Morgan fingerprint density at radius 2 is 1.02 bits per heavy atom. The molecule has 6 aromatic carbocycles. The number of rotatable bonds is 8. The molecule has 0 spiro atoms.